The lowest BCUT2D eigenvalue weighted by atomic mass is 10.2. The first kappa shape index (κ1) is 12.8. The number of likely N-dealkylation sites (tertiary alicyclic amines) is 1. The van der Waals surface area contributed by atoms with Crippen LogP contribution in [0.3, 0.4) is 0 Å². The number of hydrogen-bond acceptors (Lipinski definition) is 4. The molecule has 2 aliphatic rings. The van der Waals surface area contributed by atoms with Gasteiger partial charge in [0.2, 0.25) is 5.91 Å². The van der Waals surface area contributed by atoms with Crippen molar-refractivity contribution < 1.29 is 9.53 Å². The Morgan fingerprint density at radius 3 is 2.65 bits per heavy atom. The lowest BCUT2D eigenvalue weighted by Crippen LogP contribution is -2.50. The van der Waals surface area contributed by atoms with Crippen molar-refractivity contribution in [2.45, 2.75) is 25.4 Å². The zero-order valence-corrected chi connectivity index (χ0v) is 10.8. The highest BCUT2D eigenvalue weighted by Gasteiger charge is 2.31. The second-order valence-corrected chi connectivity index (χ2v) is 4.88. The molecule has 98 valence electrons. The summed E-state index contributed by atoms with van der Waals surface area (Å²) in [4.78, 5) is 16.5. The van der Waals surface area contributed by atoms with Gasteiger partial charge < -0.3 is 15.0 Å². The molecule has 1 amide bonds. The van der Waals surface area contributed by atoms with E-state index in [2.05, 4.69) is 10.2 Å². The molecule has 17 heavy (non-hydrogen) atoms. The van der Waals surface area contributed by atoms with Crippen molar-refractivity contribution in [1.82, 2.24) is 15.1 Å². The Morgan fingerprint density at radius 2 is 2.06 bits per heavy atom. The number of hydrogen-bond donors (Lipinski definition) is 1. The highest BCUT2D eigenvalue weighted by molar-refractivity contribution is 5.81. The van der Waals surface area contributed by atoms with Gasteiger partial charge in [0, 0.05) is 32.2 Å². The number of ether oxygens (including phenoxy) is 1. The fourth-order valence-electron chi connectivity index (χ4n) is 2.58. The second-order valence-electron chi connectivity index (χ2n) is 4.88. The van der Waals surface area contributed by atoms with Crippen molar-refractivity contribution in [3.8, 4) is 0 Å². The van der Waals surface area contributed by atoms with Gasteiger partial charge in [-0.05, 0) is 20.4 Å². The van der Waals surface area contributed by atoms with Crippen LogP contribution in [-0.2, 0) is 9.53 Å². The number of nitrogens with one attached hydrogen (secondary N) is 1. The van der Waals surface area contributed by atoms with Crippen LogP contribution in [0.15, 0.2) is 0 Å². The third kappa shape index (κ3) is 2.97. The van der Waals surface area contributed by atoms with Crippen molar-refractivity contribution in [2.24, 2.45) is 0 Å². The SMILES string of the molecule is CNC1CCN(C(C)C(=O)N2CCOCC2)C1. The van der Waals surface area contributed by atoms with E-state index in [4.69, 9.17) is 4.74 Å². The van der Waals surface area contributed by atoms with Crippen LogP contribution in [0.5, 0.6) is 0 Å². The van der Waals surface area contributed by atoms with Crippen molar-refractivity contribution >= 4 is 5.91 Å². The molecule has 2 saturated heterocycles. The third-order valence-corrected chi connectivity index (χ3v) is 3.86. The minimum absolute atomic E-state index is 0.00597. The molecule has 2 rings (SSSR count). The largest absolute Gasteiger partial charge is 0.378 e. The molecule has 2 heterocycles. The highest BCUT2D eigenvalue weighted by Crippen LogP contribution is 2.14. The van der Waals surface area contributed by atoms with Gasteiger partial charge in [-0.2, -0.15) is 0 Å². The van der Waals surface area contributed by atoms with E-state index in [9.17, 15) is 4.79 Å². The number of carbonyl (C=O) groups excluding carboxylic acids is 1. The molecule has 0 saturated carbocycles. The fraction of sp³-hybridized carbons (Fsp3) is 0.917. The normalized spacial score (nSPS) is 28.4. The maximum Gasteiger partial charge on any atom is 0.239 e. The summed E-state index contributed by atoms with van der Waals surface area (Å²) in [7, 11) is 1.99. The molecule has 2 unspecified atom stereocenters. The predicted molar refractivity (Wildman–Crippen MR) is 65.9 cm³/mol. The van der Waals surface area contributed by atoms with Crippen molar-refractivity contribution in [3.05, 3.63) is 0 Å². The number of morpholine rings is 1. The number of likely N-dealkylation sites (N-methyl/N-ethyl adjacent to an activating group) is 1. The first-order valence-corrected chi connectivity index (χ1v) is 6.50. The number of carbonyl (C=O) groups is 1. The predicted octanol–water partition coefficient (Wildman–Crippen LogP) is -0.473. The summed E-state index contributed by atoms with van der Waals surface area (Å²) >= 11 is 0. The monoisotopic (exact) mass is 241 g/mol. The van der Waals surface area contributed by atoms with Crippen LogP contribution in [-0.4, -0.2) is 74.2 Å². The van der Waals surface area contributed by atoms with E-state index in [1.54, 1.807) is 0 Å². The molecule has 0 aromatic heterocycles. The van der Waals surface area contributed by atoms with Gasteiger partial charge in [-0.15, -0.1) is 0 Å². The van der Waals surface area contributed by atoms with E-state index < -0.39 is 0 Å². The molecule has 1 N–H and O–H groups in total. The summed E-state index contributed by atoms with van der Waals surface area (Å²) in [5.41, 5.74) is 0. The Bertz CT molecular complexity index is 266. The Hall–Kier alpha value is -0.650. The van der Waals surface area contributed by atoms with Gasteiger partial charge in [0.25, 0.3) is 0 Å². The molecule has 5 nitrogen and oxygen atoms in total. The number of nitrogens with zero attached hydrogens (tertiary/aromatic N) is 2. The number of rotatable bonds is 3. The van der Waals surface area contributed by atoms with Crippen LogP contribution >= 0.6 is 0 Å². The lowest BCUT2D eigenvalue weighted by molar-refractivity contribution is -0.140. The van der Waals surface area contributed by atoms with E-state index in [1.807, 2.05) is 18.9 Å². The van der Waals surface area contributed by atoms with Crippen molar-refractivity contribution in [2.75, 3.05) is 46.4 Å². The summed E-state index contributed by atoms with van der Waals surface area (Å²) in [6.07, 6.45) is 1.14. The highest BCUT2D eigenvalue weighted by atomic mass is 16.5. The van der Waals surface area contributed by atoms with Gasteiger partial charge >= 0.3 is 0 Å². The van der Waals surface area contributed by atoms with Crippen LogP contribution in [0, 0.1) is 0 Å². The molecule has 2 aliphatic heterocycles. The average molecular weight is 241 g/mol. The topological polar surface area (TPSA) is 44.8 Å². The smallest absolute Gasteiger partial charge is 0.239 e. The minimum Gasteiger partial charge on any atom is -0.378 e. The molecule has 2 atom stereocenters. The quantitative estimate of drug-likeness (QED) is 0.725. The van der Waals surface area contributed by atoms with Crippen LogP contribution in [0.25, 0.3) is 0 Å². The summed E-state index contributed by atoms with van der Waals surface area (Å²) < 4.78 is 5.27. The molecule has 0 aromatic rings. The van der Waals surface area contributed by atoms with E-state index in [0.717, 1.165) is 32.6 Å². The van der Waals surface area contributed by atoms with Gasteiger partial charge in [0.05, 0.1) is 19.3 Å². The molecule has 5 heteroatoms. The van der Waals surface area contributed by atoms with Crippen LogP contribution in [0.1, 0.15) is 13.3 Å². The first-order valence-electron chi connectivity index (χ1n) is 6.50. The van der Waals surface area contributed by atoms with Crippen LogP contribution in [0.4, 0.5) is 0 Å². The first-order chi connectivity index (χ1) is 8.22. The Labute approximate surface area is 103 Å². The Kier molecular flexibility index (Phi) is 4.36. The van der Waals surface area contributed by atoms with E-state index in [0.29, 0.717) is 19.3 Å². The maximum absolute atomic E-state index is 12.3. The molecular formula is C12H23N3O2. The lowest BCUT2D eigenvalue weighted by Gasteiger charge is -2.32. The summed E-state index contributed by atoms with van der Waals surface area (Å²) in [5.74, 6) is 0.255. The fourth-order valence-corrected chi connectivity index (χ4v) is 2.58. The van der Waals surface area contributed by atoms with Crippen molar-refractivity contribution in [1.29, 1.82) is 0 Å². The van der Waals surface area contributed by atoms with E-state index in [-0.39, 0.29) is 11.9 Å². The molecule has 0 spiro atoms. The standard InChI is InChI=1S/C12H23N3O2/c1-10(15-4-3-11(9-15)13-2)12(16)14-5-7-17-8-6-14/h10-11,13H,3-9H2,1-2H3. The van der Waals surface area contributed by atoms with Gasteiger partial charge in [0.1, 0.15) is 0 Å². The molecule has 0 aromatic carbocycles. The van der Waals surface area contributed by atoms with Gasteiger partial charge in [-0.25, -0.2) is 0 Å². The summed E-state index contributed by atoms with van der Waals surface area (Å²) in [6.45, 7) is 6.86. The summed E-state index contributed by atoms with van der Waals surface area (Å²) in [6, 6.07) is 0.543. The Morgan fingerprint density at radius 1 is 1.35 bits per heavy atom. The summed E-state index contributed by atoms with van der Waals surface area (Å²) in [5, 5.41) is 3.28. The molecule has 0 radical (unpaired) electrons. The van der Waals surface area contributed by atoms with E-state index in [1.165, 1.54) is 0 Å². The maximum atomic E-state index is 12.3. The molecular weight excluding hydrogens is 218 g/mol. The van der Waals surface area contributed by atoms with Crippen LogP contribution < -0.4 is 5.32 Å². The van der Waals surface area contributed by atoms with Crippen LogP contribution in [0.2, 0.25) is 0 Å². The van der Waals surface area contributed by atoms with Gasteiger partial charge in [-0.3, -0.25) is 9.69 Å². The van der Waals surface area contributed by atoms with Crippen molar-refractivity contribution in [3.63, 3.8) is 0 Å². The zero-order chi connectivity index (χ0) is 12.3. The number of amides is 1. The third-order valence-electron chi connectivity index (χ3n) is 3.86. The van der Waals surface area contributed by atoms with Gasteiger partial charge in [-0.1, -0.05) is 0 Å². The Balaban J connectivity index is 1.86. The second kappa shape index (κ2) is 5.80. The average Bonchev–Trinajstić information content (AvgIpc) is 2.87. The molecule has 0 bridgehead atoms. The van der Waals surface area contributed by atoms with Gasteiger partial charge in [0.15, 0.2) is 0 Å². The molecule has 0 aliphatic carbocycles. The van der Waals surface area contributed by atoms with E-state index >= 15 is 0 Å². The molecule has 2 fully saturated rings. The minimum atomic E-state index is 0.00597. The zero-order valence-electron chi connectivity index (χ0n) is 10.8.